The van der Waals surface area contributed by atoms with E-state index in [2.05, 4.69) is 24.4 Å². The predicted molar refractivity (Wildman–Crippen MR) is 69.5 cm³/mol. The van der Waals surface area contributed by atoms with Gasteiger partial charge < -0.3 is 0 Å². The number of hydrogen-bond donors (Lipinski definition) is 2. The van der Waals surface area contributed by atoms with Crippen molar-refractivity contribution in [1.29, 1.82) is 5.53 Å². The molecule has 1 atom stereocenters. The Morgan fingerprint density at radius 2 is 2.12 bits per heavy atom. The van der Waals surface area contributed by atoms with E-state index in [1.807, 2.05) is 18.2 Å². The lowest BCUT2D eigenvalue weighted by Crippen LogP contribution is -2.12. The molecule has 0 amide bonds. The summed E-state index contributed by atoms with van der Waals surface area (Å²) < 4.78 is 0. The molecule has 0 heterocycles. The van der Waals surface area contributed by atoms with E-state index in [4.69, 9.17) is 10.4 Å². The minimum atomic E-state index is 0.590. The van der Waals surface area contributed by atoms with Crippen LogP contribution in [0.2, 0.25) is 0 Å². The first-order chi connectivity index (χ1) is 8.31. The number of anilines is 1. The van der Waals surface area contributed by atoms with Crippen molar-refractivity contribution in [2.75, 3.05) is 12.1 Å². The Morgan fingerprint density at radius 1 is 1.35 bits per heavy atom. The standard InChI is InChI=1S/C13H21N3O/c1-3-7-11(4-2)10-17-16-13-9-6-5-8-12(13)15-14/h5-6,8-9,11,14,16H,3-4,7,10H2,1-2H3. The summed E-state index contributed by atoms with van der Waals surface area (Å²) in [6.45, 7) is 5.05. The summed E-state index contributed by atoms with van der Waals surface area (Å²) in [6.07, 6.45) is 3.49. The van der Waals surface area contributed by atoms with Gasteiger partial charge in [0.15, 0.2) is 0 Å². The third-order valence-corrected chi connectivity index (χ3v) is 2.80. The van der Waals surface area contributed by atoms with Gasteiger partial charge in [0.25, 0.3) is 0 Å². The SMILES string of the molecule is CCCC(CC)CONc1ccccc1N=N. The molecule has 0 aromatic heterocycles. The topological polar surface area (TPSA) is 57.5 Å². The Hall–Kier alpha value is -1.42. The maximum absolute atomic E-state index is 7.04. The molecule has 1 rings (SSSR count). The third kappa shape index (κ3) is 4.53. The maximum Gasteiger partial charge on any atom is 0.110 e. The minimum Gasteiger partial charge on any atom is -0.276 e. The van der Waals surface area contributed by atoms with Crippen LogP contribution in [0, 0.1) is 11.4 Å². The molecular formula is C13H21N3O. The Morgan fingerprint density at radius 3 is 2.76 bits per heavy atom. The van der Waals surface area contributed by atoms with Crippen LogP contribution in [0.4, 0.5) is 11.4 Å². The normalized spacial score (nSPS) is 12.1. The summed E-state index contributed by atoms with van der Waals surface area (Å²) >= 11 is 0. The summed E-state index contributed by atoms with van der Waals surface area (Å²) in [5.74, 6) is 0.590. The van der Waals surface area contributed by atoms with Crippen molar-refractivity contribution in [1.82, 2.24) is 0 Å². The quantitative estimate of drug-likeness (QED) is 0.514. The third-order valence-electron chi connectivity index (χ3n) is 2.80. The molecule has 0 radical (unpaired) electrons. The van der Waals surface area contributed by atoms with Crippen LogP contribution >= 0.6 is 0 Å². The molecule has 1 unspecified atom stereocenters. The van der Waals surface area contributed by atoms with E-state index in [-0.39, 0.29) is 0 Å². The average molecular weight is 235 g/mol. The van der Waals surface area contributed by atoms with E-state index in [0.717, 1.165) is 12.1 Å². The van der Waals surface area contributed by atoms with Crippen LogP contribution in [0.25, 0.3) is 0 Å². The van der Waals surface area contributed by atoms with Crippen molar-refractivity contribution < 1.29 is 4.84 Å². The number of hydrogen-bond acceptors (Lipinski definition) is 4. The minimum absolute atomic E-state index is 0.590. The first-order valence-corrected chi connectivity index (χ1v) is 6.16. The Labute approximate surface area is 103 Å². The van der Waals surface area contributed by atoms with Crippen LogP contribution < -0.4 is 5.48 Å². The summed E-state index contributed by atoms with van der Waals surface area (Å²) in [4.78, 5) is 5.47. The first-order valence-electron chi connectivity index (χ1n) is 6.16. The summed E-state index contributed by atoms with van der Waals surface area (Å²) in [6, 6.07) is 7.38. The zero-order valence-corrected chi connectivity index (χ0v) is 10.6. The molecule has 0 aliphatic carbocycles. The Kier molecular flexibility index (Phi) is 6.25. The van der Waals surface area contributed by atoms with Crippen LogP contribution in [-0.2, 0) is 4.84 Å². The fourth-order valence-corrected chi connectivity index (χ4v) is 1.71. The van der Waals surface area contributed by atoms with E-state index in [0.29, 0.717) is 18.2 Å². The van der Waals surface area contributed by atoms with Crippen molar-refractivity contribution in [2.24, 2.45) is 11.0 Å². The molecule has 4 heteroatoms. The summed E-state index contributed by atoms with van der Waals surface area (Å²) in [7, 11) is 0. The number of rotatable bonds is 8. The van der Waals surface area contributed by atoms with E-state index >= 15 is 0 Å². The largest absolute Gasteiger partial charge is 0.276 e. The van der Waals surface area contributed by atoms with Crippen LogP contribution in [0.3, 0.4) is 0 Å². The van der Waals surface area contributed by atoms with Gasteiger partial charge in [0.1, 0.15) is 5.69 Å². The molecule has 4 nitrogen and oxygen atoms in total. The van der Waals surface area contributed by atoms with Gasteiger partial charge in [-0.25, -0.2) is 5.53 Å². The molecular weight excluding hydrogens is 214 g/mol. The van der Waals surface area contributed by atoms with Gasteiger partial charge in [0.05, 0.1) is 12.3 Å². The van der Waals surface area contributed by atoms with Crippen molar-refractivity contribution in [3.05, 3.63) is 24.3 Å². The van der Waals surface area contributed by atoms with E-state index in [1.54, 1.807) is 6.07 Å². The first kappa shape index (κ1) is 13.6. The highest BCUT2D eigenvalue weighted by Gasteiger charge is 2.06. The molecule has 1 aromatic carbocycles. The van der Waals surface area contributed by atoms with E-state index in [1.165, 1.54) is 12.8 Å². The van der Waals surface area contributed by atoms with Crippen LogP contribution in [0.1, 0.15) is 33.1 Å². The molecule has 0 aliphatic rings. The van der Waals surface area contributed by atoms with Crippen molar-refractivity contribution in [3.8, 4) is 0 Å². The monoisotopic (exact) mass is 235 g/mol. The molecule has 0 aliphatic heterocycles. The lowest BCUT2D eigenvalue weighted by Gasteiger charge is -2.15. The average Bonchev–Trinajstić information content (AvgIpc) is 2.38. The van der Waals surface area contributed by atoms with Gasteiger partial charge in [-0.2, -0.15) is 5.11 Å². The second-order valence-electron chi connectivity index (χ2n) is 4.10. The van der Waals surface area contributed by atoms with Crippen LogP contribution in [0.15, 0.2) is 29.4 Å². The highest BCUT2D eigenvalue weighted by atomic mass is 16.6. The lowest BCUT2D eigenvalue weighted by atomic mass is 10.0. The fraction of sp³-hybridized carbons (Fsp3) is 0.538. The van der Waals surface area contributed by atoms with E-state index in [9.17, 15) is 0 Å². The number of nitrogens with zero attached hydrogens (tertiary/aromatic N) is 1. The van der Waals surface area contributed by atoms with Gasteiger partial charge in [-0.15, -0.1) is 0 Å². The number of benzene rings is 1. The van der Waals surface area contributed by atoms with Crippen molar-refractivity contribution in [3.63, 3.8) is 0 Å². The molecule has 0 fully saturated rings. The highest BCUT2D eigenvalue weighted by Crippen LogP contribution is 2.24. The van der Waals surface area contributed by atoms with Gasteiger partial charge in [-0.1, -0.05) is 38.8 Å². The van der Waals surface area contributed by atoms with Gasteiger partial charge in [-0.3, -0.25) is 10.3 Å². The maximum atomic E-state index is 7.04. The molecule has 0 saturated heterocycles. The lowest BCUT2D eigenvalue weighted by molar-refractivity contribution is 0.142. The molecule has 17 heavy (non-hydrogen) atoms. The zero-order valence-electron chi connectivity index (χ0n) is 10.6. The molecule has 0 bridgehead atoms. The van der Waals surface area contributed by atoms with Crippen molar-refractivity contribution in [2.45, 2.75) is 33.1 Å². The predicted octanol–water partition coefficient (Wildman–Crippen LogP) is 4.52. The fourth-order valence-electron chi connectivity index (χ4n) is 1.71. The van der Waals surface area contributed by atoms with E-state index < -0.39 is 0 Å². The summed E-state index contributed by atoms with van der Waals surface area (Å²) in [5, 5.41) is 3.43. The second kappa shape index (κ2) is 7.79. The second-order valence-corrected chi connectivity index (χ2v) is 4.10. The zero-order chi connectivity index (χ0) is 12.5. The molecule has 1 aromatic rings. The van der Waals surface area contributed by atoms with Crippen LogP contribution in [0.5, 0.6) is 0 Å². The van der Waals surface area contributed by atoms with Crippen LogP contribution in [-0.4, -0.2) is 6.61 Å². The molecule has 0 spiro atoms. The van der Waals surface area contributed by atoms with Gasteiger partial charge in [0, 0.05) is 0 Å². The Bertz CT molecular complexity index is 341. The smallest absolute Gasteiger partial charge is 0.110 e. The number of nitrogens with one attached hydrogen (secondary N) is 2. The summed E-state index contributed by atoms with van der Waals surface area (Å²) in [5.41, 5.74) is 11.2. The molecule has 2 N–H and O–H groups in total. The highest BCUT2D eigenvalue weighted by molar-refractivity contribution is 5.63. The van der Waals surface area contributed by atoms with Crippen molar-refractivity contribution >= 4 is 11.4 Å². The molecule has 0 saturated carbocycles. The van der Waals surface area contributed by atoms with Gasteiger partial charge in [-0.05, 0) is 24.5 Å². The number of para-hydroxylation sites is 2. The Balaban J connectivity index is 2.42. The molecule has 94 valence electrons. The van der Waals surface area contributed by atoms with Gasteiger partial charge >= 0.3 is 0 Å². The van der Waals surface area contributed by atoms with Gasteiger partial charge in [0.2, 0.25) is 0 Å².